The molecule has 1 aromatic rings. The molecule has 3 nitrogen and oxygen atoms in total. The quantitative estimate of drug-likeness (QED) is 0.781. The van der Waals surface area contributed by atoms with Crippen LogP contribution in [0, 0.1) is 0 Å². The van der Waals surface area contributed by atoms with Crippen LogP contribution in [-0.2, 0) is 10.5 Å². The third-order valence-corrected chi connectivity index (χ3v) is 2.56. The standard InChI is InChI=1S/C8H10O3S/c1-6(8(9)10)12-5-7-3-2-4-11-7/h2-4,6H,5H2,1H3,(H,9,10). The summed E-state index contributed by atoms with van der Waals surface area (Å²) in [6, 6.07) is 3.63. The molecule has 0 spiro atoms. The van der Waals surface area contributed by atoms with E-state index in [0.29, 0.717) is 5.75 Å². The van der Waals surface area contributed by atoms with Crippen LogP contribution in [0.3, 0.4) is 0 Å². The number of aliphatic carboxylic acids is 1. The molecular formula is C8H10O3S. The first-order chi connectivity index (χ1) is 5.70. The lowest BCUT2D eigenvalue weighted by Gasteiger charge is -2.02. The second kappa shape index (κ2) is 4.21. The summed E-state index contributed by atoms with van der Waals surface area (Å²) < 4.78 is 5.05. The first-order valence-electron chi connectivity index (χ1n) is 3.57. The van der Waals surface area contributed by atoms with E-state index in [4.69, 9.17) is 9.52 Å². The summed E-state index contributed by atoms with van der Waals surface area (Å²) >= 11 is 1.35. The van der Waals surface area contributed by atoms with E-state index in [1.807, 2.05) is 6.07 Å². The van der Waals surface area contributed by atoms with E-state index in [9.17, 15) is 4.79 Å². The highest BCUT2D eigenvalue weighted by Crippen LogP contribution is 2.17. The summed E-state index contributed by atoms with van der Waals surface area (Å²) in [5, 5.41) is 8.18. The van der Waals surface area contributed by atoms with Crippen LogP contribution in [0.25, 0.3) is 0 Å². The van der Waals surface area contributed by atoms with Gasteiger partial charge in [0.25, 0.3) is 0 Å². The van der Waals surface area contributed by atoms with Gasteiger partial charge < -0.3 is 9.52 Å². The molecule has 0 amide bonds. The van der Waals surface area contributed by atoms with E-state index < -0.39 is 5.97 Å². The predicted molar refractivity (Wildman–Crippen MR) is 47.1 cm³/mol. The summed E-state index contributed by atoms with van der Waals surface area (Å²) in [5.41, 5.74) is 0. The first-order valence-corrected chi connectivity index (χ1v) is 4.62. The SMILES string of the molecule is CC(SCc1ccco1)C(=O)O. The van der Waals surface area contributed by atoms with Crippen LogP contribution in [0.15, 0.2) is 22.8 Å². The predicted octanol–water partition coefficient (Wildman–Crippen LogP) is 1.99. The largest absolute Gasteiger partial charge is 0.480 e. The van der Waals surface area contributed by atoms with Gasteiger partial charge in [-0.3, -0.25) is 4.79 Å². The molecule has 1 aromatic heterocycles. The summed E-state index contributed by atoms with van der Waals surface area (Å²) in [4.78, 5) is 10.4. The van der Waals surface area contributed by atoms with Crippen molar-refractivity contribution in [2.75, 3.05) is 0 Å². The smallest absolute Gasteiger partial charge is 0.316 e. The van der Waals surface area contributed by atoms with Gasteiger partial charge >= 0.3 is 5.97 Å². The Morgan fingerprint density at radius 2 is 2.58 bits per heavy atom. The van der Waals surface area contributed by atoms with Crippen molar-refractivity contribution in [3.05, 3.63) is 24.2 Å². The third kappa shape index (κ3) is 2.62. The van der Waals surface area contributed by atoms with Gasteiger partial charge in [0.1, 0.15) is 5.76 Å². The molecule has 0 aliphatic carbocycles. The van der Waals surface area contributed by atoms with Gasteiger partial charge in [-0.25, -0.2) is 0 Å². The van der Waals surface area contributed by atoms with Crippen LogP contribution in [0.5, 0.6) is 0 Å². The summed E-state index contributed by atoms with van der Waals surface area (Å²) in [6.07, 6.45) is 1.58. The monoisotopic (exact) mass is 186 g/mol. The second-order valence-electron chi connectivity index (χ2n) is 2.37. The number of hydrogen-bond acceptors (Lipinski definition) is 3. The first kappa shape index (κ1) is 9.19. The molecule has 66 valence electrons. The zero-order valence-electron chi connectivity index (χ0n) is 6.69. The molecule has 0 saturated carbocycles. The highest BCUT2D eigenvalue weighted by molar-refractivity contribution is 7.99. The van der Waals surface area contributed by atoms with Gasteiger partial charge in [0.2, 0.25) is 0 Å². The van der Waals surface area contributed by atoms with E-state index in [2.05, 4.69) is 0 Å². The Hall–Kier alpha value is -0.900. The fraction of sp³-hybridized carbons (Fsp3) is 0.375. The van der Waals surface area contributed by atoms with E-state index in [1.165, 1.54) is 11.8 Å². The van der Waals surface area contributed by atoms with Crippen molar-refractivity contribution in [1.29, 1.82) is 0 Å². The van der Waals surface area contributed by atoms with Gasteiger partial charge in [-0.1, -0.05) is 0 Å². The van der Waals surface area contributed by atoms with Crippen LogP contribution in [0.2, 0.25) is 0 Å². The molecule has 1 rings (SSSR count). The number of carboxylic acids is 1. The van der Waals surface area contributed by atoms with Crippen molar-refractivity contribution >= 4 is 17.7 Å². The Morgan fingerprint density at radius 1 is 1.83 bits per heavy atom. The topological polar surface area (TPSA) is 50.4 Å². The Bertz CT molecular complexity index is 243. The molecule has 12 heavy (non-hydrogen) atoms. The minimum atomic E-state index is -0.786. The minimum Gasteiger partial charge on any atom is -0.480 e. The maximum absolute atomic E-state index is 10.4. The highest BCUT2D eigenvalue weighted by Gasteiger charge is 2.11. The maximum atomic E-state index is 10.4. The molecule has 0 aliphatic heterocycles. The maximum Gasteiger partial charge on any atom is 0.316 e. The average Bonchev–Trinajstić information content (AvgIpc) is 2.51. The van der Waals surface area contributed by atoms with Gasteiger partial charge in [-0.2, -0.15) is 0 Å². The molecule has 1 atom stereocenters. The van der Waals surface area contributed by atoms with Crippen molar-refractivity contribution in [3.63, 3.8) is 0 Å². The molecule has 0 radical (unpaired) electrons. The van der Waals surface area contributed by atoms with Crippen molar-refractivity contribution < 1.29 is 14.3 Å². The fourth-order valence-electron chi connectivity index (χ4n) is 0.673. The van der Waals surface area contributed by atoms with Gasteiger partial charge in [-0.15, -0.1) is 11.8 Å². The zero-order chi connectivity index (χ0) is 8.97. The fourth-order valence-corrected chi connectivity index (χ4v) is 1.39. The average molecular weight is 186 g/mol. The molecule has 0 fully saturated rings. The highest BCUT2D eigenvalue weighted by atomic mass is 32.2. The Morgan fingerprint density at radius 3 is 3.08 bits per heavy atom. The molecular weight excluding hydrogens is 176 g/mol. The summed E-state index contributed by atoms with van der Waals surface area (Å²) in [5.74, 6) is 0.639. The molecule has 4 heteroatoms. The number of carboxylic acid groups (broad SMARTS) is 1. The third-order valence-electron chi connectivity index (χ3n) is 1.40. The van der Waals surface area contributed by atoms with Crippen LogP contribution < -0.4 is 0 Å². The zero-order valence-corrected chi connectivity index (χ0v) is 7.50. The number of carbonyl (C=O) groups is 1. The van der Waals surface area contributed by atoms with E-state index >= 15 is 0 Å². The summed E-state index contributed by atoms with van der Waals surface area (Å²) in [7, 11) is 0. The second-order valence-corrected chi connectivity index (χ2v) is 3.70. The Kier molecular flexibility index (Phi) is 3.22. The lowest BCUT2D eigenvalue weighted by Crippen LogP contribution is -2.11. The van der Waals surface area contributed by atoms with Crippen molar-refractivity contribution in [2.45, 2.75) is 17.9 Å². The van der Waals surface area contributed by atoms with Gasteiger partial charge in [0.05, 0.1) is 17.3 Å². The van der Waals surface area contributed by atoms with E-state index in [1.54, 1.807) is 19.3 Å². The molecule has 1 unspecified atom stereocenters. The van der Waals surface area contributed by atoms with Crippen LogP contribution >= 0.6 is 11.8 Å². The lowest BCUT2D eigenvalue weighted by atomic mass is 10.5. The Balaban J connectivity index is 2.31. The lowest BCUT2D eigenvalue weighted by molar-refractivity contribution is -0.136. The van der Waals surface area contributed by atoms with Gasteiger partial charge in [0.15, 0.2) is 0 Å². The normalized spacial score (nSPS) is 12.8. The summed E-state index contributed by atoms with van der Waals surface area (Å²) in [6.45, 7) is 1.66. The molecule has 0 aromatic carbocycles. The molecule has 0 aliphatic rings. The van der Waals surface area contributed by atoms with Crippen molar-refractivity contribution in [2.24, 2.45) is 0 Å². The minimum absolute atomic E-state index is 0.380. The molecule has 1 N–H and O–H groups in total. The van der Waals surface area contributed by atoms with Crippen LogP contribution in [-0.4, -0.2) is 16.3 Å². The van der Waals surface area contributed by atoms with E-state index in [-0.39, 0.29) is 5.25 Å². The number of rotatable bonds is 4. The molecule has 1 heterocycles. The van der Waals surface area contributed by atoms with Crippen molar-refractivity contribution in [3.8, 4) is 0 Å². The Labute approximate surface area is 74.8 Å². The molecule has 0 saturated heterocycles. The van der Waals surface area contributed by atoms with Crippen molar-refractivity contribution in [1.82, 2.24) is 0 Å². The van der Waals surface area contributed by atoms with E-state index in [0.717, 1.165) is 5.76 Å². The number of furan rings is 1. The molecule has 0 bridgehead atoms. The van der Waals surface area contributed by atoms with Gasteiger partial charge in [-0.05, 0) is 19.1 Å². The van der Waals surface area contributed by atoms with Crippen LogP contribution in [0.4, 0.5) is 0 Å². The van der Waals surface area contributed by atoms with Crippen LogP contribution in [0.1, 0.15) is 12.7 Å². The number of hydrogen-bond donors (Lipinski definition) is 1. The number of thioether (sulfide) groups is 1. The van der Waals surface area contributed by atoms with Gasteiger partial charge in [0, 0.05) is 0 Å².